The first-order valence-corrected chi connectivity index (χ1v) is 9.95. The highest BCUT2D eigenvalue weighted by atomic mass is 16.5. The number of hydrogen-bond acceptors (Lipinski definition) is 2. The fourth-order valence-electron chi connectivity index (χ4n) is 4.45. The van der Waals surface area contributed by atoms with Gasteiger partial charge in [-0.25, -0.2) is 0 Å². The lowest BCUT2D eigenvalue weighted by molar-refractivity contribution is 0.402. The van der Waals surface area contributed by atoms with Crippen LogP contribution in [-0.4, -0.2) is 14.2 Å². The van der Waals surface area contributed by atoms with Crippen molar-refractivity contribution in [2.45, 2.75) is 52.4 Å². The number of rotatable bonds is 2. The summed E-state index contributed by atoms with van der Waals surface area (Å²) in [5.41, 5.74) is 2.49. The van der Waals surface area contributed by atoms with Crippen molar-refractivity contribution in [1.29, 1.82) is 0 Å². The number of ether oxygens (including phenoxy) is 2. The molecule has 0 aliphatic carbocycles. The van der Waals surface area contributed by atoms with Gasteiger partial charge in [0.05, 0.1) is 14.2 Å². The van der Waals surface area contributed by atoms with E-state index in [1.165, 1.54) is 43.4 Å². The molecule has 0 atom stereocenters. The molecule has 0 N–H and O–H groups in total. The van der Waals surface area contributed by atoms with Gasteiger partial charge in [0, 0.05) is 32.7 Å². The predicted molar refractivity (Wildman–Crippen MR) is 121 cm³/mol. The molecular weight excluding hydrogens is 344 g/mol. The Bertz CT molecular complexity index is 1090. The molecule has 2 heteroatoms. The van der Waals surface area contributed by atoms with Crippen molar-refractivity contribution in [1.82, 2.24) is 0 Å². The fourth-order valence-corrected chi connectivity index (χ4v) is 4.45. The quantitative estimate of drug-likeness (QED) is 0.345. The summed E-state index contributed by atoms with van der Waals surface area (Å²) >= 11 is 0. The first-order valence-electron chi connectivity index (χ1n) is 9.95. The minimum atomic E-state index is 0.00684. The molecule has 4 aromatic carbocycles. The molecule has 146 valence electrons. The lowest BCUT2D eigenvalue weighted by Crippen LogP contribution is -2.14. The molecule has 0 spiro atoms. The van der Waals surface area contributed by atoms with E-state index >= 15 is 0 Å². The monoisotopic (exact) mass is 374 g/mol. The van der Waals surface area contributed by atoms with Crippen molar-refractivity contribution < 1.29 is 9.47 Å². The number of benzene rings is 4. The molecule has 0 aliphatic rings. The summed E-state index contributed by atoms with van der Waals surface area (Å²) in [6.45, 7) is 13.4. The highest BCUT2D eigenvalue weighted by Crippen LogP contribution is 2.48. The first-order chi connectivity index (χ1) is 13.1. The summed E-state index contributed by atoms with van der Waals surface area (Å²) in [5, 5.41) is 7.38. The van der Waals surface area contributed by atoms with Gasteiger partial charge in [-0.2, -0.15) is 0 Å². The van der Waals surface area contributed by atoms with Gasteiger partial charge in [0.25, 0.3) is 0 Å². The fraction of sp³-hybridized carbons (Fsp3) is 0.385. The van der Waals surface area contributed by atoms with Gasteiger partial charge in [-0.3, -0.25) is 0 Å². The van der Waals surface area contributed by atoms with E-state index in [-0.39, 0.29) is 10.8 Å². The van der Waals surface area contributed by atoms with Crippen molar-refractivity contribution in [3.63, 3.8) is 0 Å². The Balaban J connectivity index is 2.24. The molecule has 0 amide bonds. The second-order valence-electron chi connectivity index (χ2n) is 9.84. The van der Waals surface area contributed by atoms with Crippen molar-refractivity contribution in [3.05, 3.63) is 47.5 Å². The summed E-state index contributed by atoms with van der Waals surface area (Å²) in [6.07, 6.45) is 0. The third kappa shape index (κ3) is 2.62. The first kappa shape index (κ1) is 18.9. The van der Waals surface area contributed by atoms with E-state index in [0.717, 1.165) is 11.5 Å². The van der Waals surface area contributed by atoms with Crippen LogP contribution in [0.25, 0.3) is 32.3 Å². The Kier molecular flexibility index (Phi) is 4.05. The van der Waals surface area contributed by atoms with Gasteiger partial charge in [0.15, 0.2) is 0 Å². The van der Waals surface area contributed by atoms with E-state index < -0.39 is 0 Å². The summed E-state index contributed by atoms with van der Waals surface area (Å²) in [5.74, 6) is 1.96. The highest BCUT2D eigenvalue weighted by Gasteiger charge is 2.26. The van der Waals surface area contributed by atoms with Crippen molar-refractivity contribution in [2.75, 3.05) is 14.2 Å². The Morgan fingerprint density at radius 1 is 0.571 bits per heavy atom. The maximum Gasteiger partial charge on any atom is 0.130 e. The van der Waals surface area contributed by atoms with Crippen LogP contribution in [0.3, 0.4) is 0 Å². The summed E-state index contributed by atoms with van der Waals surface area (Å²) in [7, 11) is 3.55. The maximum absolute atomic E-state index is 5.93. The van der Waals surface area contributed by atoms with E-state index in [1.807, 2.05) is 0 Å². The second kappa shape index (κ2) is 6.01. The largest absolute Gasteiger partial charge is 0.496 e. The molecule has 0 fully saturated rings. The van der Waals surface area contributed by atoms with E-state index in [2.05, 4.69) is 77.9 Å². The predicted octanol–water partition coefficient (Wildman–Crippen LogP) is 7.20. The van der Waals surface area contributed by atoms with Gasteiger partial charge in [0.2, 0.25) is 0 Å². The molecule has 0 radical (unpaired) electrons. The van der Waals surface area contributed by atoms with Crippen LogP contribution in [0.4, 0.5) is 0 Å². The molecule has 0 saturated carbocycles. The average Bonchev–Trinajstić information content (AvgIpc) is 2.62. The average molecular weight is 375 g/mol. The van der Waals surface area contributed by atoms with Crippen molar-refractivity contribution >= 4 is 32.3 Å². The van der Waals surface area contributed by atoms with Crippen LogP contribution in [0.15, 0.2) is 36.4 Å². The highest BCUT2D eigenvalue weighted by molar-refractivity contribution is 6.25. The zero-order valence-corrected chi connectivity index (χ0v) is 18.3. The molecule has 0 aliphatic heterocycles. The third-order valence-corrected chi connectivity index (χ3v) is 5.83. The smallest absolute Gasteiger partial charge is 0.130 e. The van der Waals surface area contributed by atoms with Crippen molar-refractivity contribution in [2.24, 2.45) is 0 Å². The maximum atomic E-state index is 5.93. The molecule has 0 heterocycles. The Labute approximate surface area is 167 Å². The van der Waals surface area contributed by atoms with Gasteiger partial charge < -0.3 is 9.47 Å². The summed E-state index contributed by atoms with van der Waals surface area (Å²) in [4.78, 5) is 0. The molecule has 0 aromatic heterocycles. The number of methoxy groups -OCH3 is 2. The molecule has 0 saturated heterocycles. The summed E-state index contributed by atoms with van der Waals surface area (Å²) < 4.78 is 11.9. The van der Waals surface area contributed by atoms with Crippen LogP contribution in [-0.2, 0) is 10.8 Å². The standard InChI is InChI=1S/C26H30O2/c1-25(2,3)19-13-15-9-10-16-14-20(26(4,5)6)24(28-8)18-12-11-17(23(19)27-7)21(15)22(16)18/h9-14H,1-8H3. The zero-order chi connectivity index (χ0) is 20.4. The molecule has 4 aromatic rings. The van der Waals surface area contributed by atoms with Gasteiger partial charge in [-0.15, -0.1) is 0 Å². The van der Waals surface area contributed by atoms with E-state index in [9.17, 15) is 0 Å². The van der Waals surface area contributed by atoms with Crippen LogP contribution in [0, 0.1) is 0 Å². The van der Waals surface area contributed by atoms with E-state index in [1.54, 1.807) is 14.2 Å². The molecule has 0 bridgehead atoms. The topological polar surface area (TPSA) is 18.5 Å². The SMILES string of the molecule is COc1c(C(C)(C)C)cc2ccc3cc(C(C)(C)C)c(OC)c4ccc1c2c34. The minimum absolute atomic E-state index is 0.00684. The zero-order valence-electron chi connectivity index (χ0n) is 18.3. The van der Waals surface area contributed by atoms with Crippen LogP contribution < -0.4 is 9.47 Å². The van der Waals surface area contributed by atoms with E-state index in [4.69, 9.17) is 9.47 Å². The van der Waals surface area contributed by atoms with Crippen LogP contribution in [0.2, 0.25) is 0 Å². The van der Waals surface area contributed by atoms with Crippen LogP contribution in [0.5, 0.6) is 11.5 Å². The normalized spacial score (nSPS) is 13.0. The lowest BCUT2D eigenvalue weighted by atomic mass is 9.80. The van der Waals surface area contributed by atoms with E-state index in [0.29, 0.717) is 0 Å². The third-order valence-electron chi connectivity index (χ3n) is 5.83. The van der Waals surface area contributed by atoms with Gasteiger partial charge in [-0.1, -0.05) is 53.7 Å². The molecule has 0 unspecified atom stereocenters. The Morgan fingerprint density at radius 3 is 1.21 bits per heavy atom. The lowest BCUT2D eigenvalue weighted by Gasteiger charge is -2.27. The van der Waals surface area contributed by atoms with Gasteiger partial charge >= 0.3 is 0 Å². The van der Waals surface area contributed by atoms with Gasteiger partial charge in [-0.05, 0) is 45.9 Å². The van der Waals surface area contributed by atoms with Gasteiger partial charge in [0.1, 0.15) is 11.5 Å². The Morgan fingerprint density at radius 2 is 0.929 bits per heavy atom. The molecule has 4 rings (SSSR count). The number of hydrogen-bond donors (Lipinski definition) is 0. The molecule has 28 heavy (non-hydrogen) atoms. The minimum Gasteiger partial charge on any atom is -0.496 e. The summed E-state index contributed by atoms with van der Waals surface area (Å²) in [6, 6.07) is 13.5. The molecular formula is C26H30O2. The van der Waals surface area contributed by atoms with Crippen molar-refractivity contribution in [3.8, 4) is 11.5 Å². The Hall–Kier alpha value is -2.48. The van der Waals surface area contributed by atoms with Crippen LogP contribution in [0.1, 0.15) is 52.7 Å². The van der Waals surface area contributed by atoms with Crippen LogP contribution >= 0.6 is 0 Å². The second-order valence-corrected chi connectivity index (χ2v) is 9.84. The molecule has 2 nitrogen and oxygen atoms in total.